The zero-order valence-corrected chi connectivity index (χ0v) is 11.4. The van der Waals surface area contributed by atoms with Gasteiger partial charge in [0.25, 0.3) is 0 Å². The highest BCUT2D eigenvalue weighted by molar-refractivity contribution is 6.03. The van der Waals surface area contributed by atoms with Gasteiger partial charge >= 0.3 is 5.63 Å². The molecule has 0 aliphatic carbocycles. The van der Waals surface area contributed by atoms with E-state index in [2.05, 4.69) is 0 Å². The Bertz CT molecular complexity index is 1010. The first-order chi connectivity index (χ1) is 10.2. The summed E-state index contributed by atoms with van der Waals surface area (Å²) in [7, 11) is 0. The van der Waals surface area contributed by atoms with E-state index >= 15 is 0 Å². The van der Waals surface area contributed by atoms with Crippen LogP contribution in [0.4, 0.5) is 0 Å². The van der Waals surface area contributed by atoms with E-state index in [-0.39, 0.29) is 5.63 Å². The van der Waals surface area contributed by atoms with E-state index in [1.54, 1.807) is 12.1 Å². The van der Waals surface area contributed by atoms with Crippen molar-refractivity contribution in [3.05, 3.63) is 70.6 Å². The van der Waals surface area contributed by atoms with Crippen molar-refractivity contribution in [3.63, 3.8) is 0 Å². The molecule has 4 rings (SSSR count). The monoisotopic (exact) mass is 276 g/mol. The Balaban J connectivity index is 2.14. The van der Waals surface area contributed by atoms with Crippen molar-refractivity contribution in [2.45, 2.75) is 6.92 Å². The Morgan fingerprint density at radius 2 is 1.71 bits per heavy atom. The molecule has 0 unspecified atom stereocenters. The summed E-state index contributed by atoms with van der Waals surface area (Å²) in [4.78, 5) is 12.1. The summed E-state index contributed by atoms with van der Waals surface area (Å²) in [5, 5.41) is 1.34. The highest BCUT2D eigenvalue weighted by atomic mass is 16.4. The van der Waals surface area contributed by atoms with Gasteiger partial charge in [0.2, 0.25) is 0 Å². The lowest BCUT2D eigenvalue weighted by atomic mass is 10.1. The molecule has 0 saturated carbocycles. The fourth-order valence-electron chi connectivity index (χ4n) is 2.64. The topological polar surface area (TPSA) is 43.4 Å². The highest BCUT2D eigenvalue weighted by Gasteiger charge is 2.15. The number of fused-ring (bicyclic) bond motifs is 3. The van der Waals surface area contributed by atoms with E-state index in [4.69, 9.17) is 8.83 Å². The number of hydrogen-bond donors (Lipinski definition) is 0. The lowest BCUT2D eigenvalue weighted by Gasteiger charge is -2.00. The van der Waals surface area contributed by atoms with Gasteiger partial charge in [0.1, 0.15) is 16.7 Å². The van der Waals surface area contributed by atoms with E-state index < -0.39 is 0 Å². The molecule has 21 heavy (non-hydrogen) atoms. The smallest absolute Gasteiger partial charge is 0.347 e. The number of rotatable bonds is 1. The predicted molar refractivity (Wildman–Crippen MR) is 82.4 cm³/mol. The fraction of sp³-hybridized carbons (Fsp3) is 0.0556. The molecule has 0 N–H and O–H groups in total. The van der Waals surface area contributed by atoms with Crippen LogP contribution in [0.5, 0.6) is 0 Å². The third kappa shape index (κ3) is 1.78. The normalized spacial score (nSPS) is 11.3. The van der Waals surface area contributed by atoms with Crippen LogP contribution in [0.3, 0.4) is 0 Å². The first-order valence-electron chi connectivity index (χ1n) is 6.75. The van der Waals surface area contributed by atoms with Gasteiger partial charge in [0, 0.05) is 5.56 Å². The summed E-state index contributed by atoms with van der Waals surface area (Å²) in [6, 6.07) is 17.1. The van der Waals surface area contributed by atoms with Crippen molar-refractivity contribution in [1.29, 1.82) is 0 Å². The summed E-state index contributed by atoms with van der Waals surface area (Å²) in [6.07, 6.45) is 0. The van der Waals surface area contributed by atoms with Crippen LogP contribution in [-0.4, -0.2) is 0 Å². The second kappa shape index (κ2) is 4.35. The SMILES string of the molecule is Cc1cccc2oc(=O)c3cc(-c4ccccc4)oc3c12. The predicted octanol–water partition coefficient (Wildman–Crippen LogP) is 4.51. The van der Waals surface area contributed by atoms with Gasteiger partial charge in [-0.25, -0.2) is 4.79 Å². The lowest BCUT2D eigenvalue weighted by molar-refractivity contribution is 0.565. The maximum absolute atomic E-state index is 12.1. The molecule has 0 amide bonds. The molecule has 4 aromatic rings. The number of furan rings is 1. The maximum atomic E-state index is 12.1. The molecular weight excluding hydrogens is 264 g/mol. The molecule has 0 aliphatic heterocycles. The Labute approximate surface area is 120 Å². The quantitative estimate of drug-likeness (QED) is 0.480. The van der Waals surface area contributed by atoms with E-state index in [0.29, 0.717) is 22.3 Å². The lowest BCUT2D eigenvalue weighted by Crippen LogP contribution is -1.98. The zero-order valence-electron chi connectivity index (χ0n) is 11.4. The second-order valence-corrected chi connectivity index (χ2v) is 5.06. The molecule has 3 heteroatoms. The molecule has 0 radical (unpaired) electrons. The van der Waals surface area contributed by atoms with Crippen LogP contribution >= 0.6 is 0 Å². The van der Waals surface area contributed by atoms with Crippen LogP contribution in [0.1, 0.15) is 5.56 Å². The molecule has 2 aromatic carbocycles. The molecule has 102 valence electrons. The van der Waals surface area contributed by atoms with Crippen molar-refractivity contribution in [2.75, 3.05) is 0 Å². The second-order valence-electron chi connectivity index (χ2n) is 5.06. The summed E-state index contributed by atoms with van der Waals surface area (Å²) >= 11 is 0. The Morgan fingerprint density at radius 1 is 0.905 bits per heavy atom. The standard InChI is InChI=1S/C18H12O3/c1-11-6-5-9-14-16(11)17-13(18(19)21-14)10-15(20-17)12-7-3-2-4-8-12/h2-10H,1H3. The molecule has 0 aliphatic rings. The van der Waals surface area contributed by atoms with Gasteiger partial charge in [-0.1, -0.05) is 42.5 Å². The number of benzene rings is 2. The molecular formula is C18H12O3. The van der Waals surface area contributed by atoms with Crippen LogP contribution in [0, 0.1) is 6.92 Å². The summed E-state index contributed by atoms with van der Waals surface area (Å²) in [5.74, 6) is 0.675. The fourth-order valence-corrected chi connectivity index (χ4v) is 2.64. The minimum absolute atomic E-state index is 0.367. The molecule has 2 aromatic heterocycles. The molecule has 0 fully saturated rings. The van der Waals surface area contributed by atoms with Gasteiger partial charge in [0.15, 0.2) is 5.58 Å². The van der Waals surface area contributed by atoms with Gasteiger partial charge in [-0.3, -0.25) is 0 Å². The van der Waals surface area contributed by atoms with Gasteiger partial charge in [-0.15, -0.1) is 0 Å². The molecule has 0 bridgehead atoms. The minimum atomic E-state index is -0.367. The van der Waals surface area contributed by atoms with Crippen molar-refractivity contribution in [1.82, 2.24) is 0 Å². The summed E-state index contributed by atoms with van der Waals surface area (Å²) in [6.45, 7) is 1.98. The van der Waals surface area contributed by atoms with Crippen LogP contribution < -0.4 is 5.63 Å². The summed E-state index contributed by atoms with van der Waals surface area (Å²) < 4.78 is 11.4. The maximum Gasteiger partial charge on any atom is 0.347 e. The van der Waals surface area contributed by atoms with Gasteiger partial charge in [-0.2, -0.15) is 0 Å². The molecule has 0 saturated heterocycles. The zero-order chi connectivity index (χ0) is 14.4. The van der Waals surface area contributed by atoms with Crippen molar-refractivity contribution in [3.8, 4) is 11.3 Å². The van der Waals surface area contributed by atoms with Gasteiger partial charge < -0.3 is 8.83 Å². The molecule has 2 heterocycles. The van der Waals surface area contributed by atoms with E-state index in [0.717, 1.165) is 16.5 Å². The number of aryl methyl sites for hydroxylation is 1. The van der Waals surface area contributed by atoms with Crippen molar-refractivity contribution in [2.24, 2.45) is 0 Å². The van der Waals surface area contributed by atoms with Crippen LogP contribution in [0.25, 0.3) is 33.3 Å². The highest BCUT2D eigenvalue weighted by Crippen LogP contribution is 2.32. The minimum Gasteiger partial charge on any atom is -0.455 e. The van der Waals surface area contributed by atoms with Gasteiger partial charge in [0.05, 0.1) is 5.39 Å². The molecule has 3 nitrogen and oxygen atoms in total. The third-order valence-electron chi connectivity index (χ3n) is 3.67. The average Bonchev–Trinajstić information content (AvgIpc) is 2.94. The van der Waals surface area contributed by atoms with Crippen LogP contribution in [0.15, 0.2) is 68.2 Å². The first-order valence-corrected chi connectivity index (χ1v) is 6.75. The van der Waals surface area contributed by atoms with Crippen LogP contribution in [-0.2, 0) is 0 Å². The Kier molecular flexibility index (Phi) is 2.48. The van der Waals surface area contributed by atoms with Crippen molar-refractivity contribution >= 4 is 21.9 Å². The van der Waals surface area contributed by atoms with Crippen LogP contribution in [0.2, 0.25) is 0 Å². The first kappa shape index (κ1) is 12.0. The van der Waals surface area contributed by atoms with Crippen molar-refractivity contribution < 1.29 is 8.83 Å². The number of hydrogen-bond acceptors (Lipinski definition) is 3. The summed E-state index contributed by atoms with van der Waals surface area (Å²) in [5.41, 5.74) is 2.75. The Hall–Kier alpha value is -2.81. The van der Waals surface area contributed by atoms with E-state index in [9.17, 15) is 4.79 Å². The average molecular weight is 276 g/mol. The third-order valence-corrected chi connectivity index (χ3v) is 3.67. The van der Waals surface area contributed by atoms with Gasteiger partial charge in [-0.05, 0) is 24.6 Å². The van der Waals surface area contributed by atoms with E-state index in [1.165, 1.54) is 0 Å². The largest absolute Gasteiger partial charge is 0.455 e. The Morgan fingerprint density at radius 3 is 2.52 bits per heavy atom. The van der Waals surface area contributed by atoms with E-state index in [1.807, 2.05) is 49.4 Å². The molecule has 0 spiro atoms. The molecule has 0 atom stereocenters.